The smallest absolute Gasteiger partial charge is 0.239 e. The van der Waals surface area contributed by atoms with Gasteiger partial charge in [-0.2, -0.15) is 0 Å². The Labute approximate surface area is 140 Å². The molecule has 0 unspecified atom stereocenters. The van der Waals surface area contributed by atoms with E-state index in [2.05, 4.69) is 5.32 Å². The van der Waals surface area contributed by atoms with Crippen molar-refractivity contribution in [1.82, 2.24) is 5.32 Å². The van der Waals surface area contributed by atoms with Crippen molar-refractivity contribution in [1.29, 1.82) is 0 Å². The lowest BCUT2D eigenvalue weighted by Gasteiger charge is -2.16. The molecule has 0 bridgehead atoms. The number of carbonyl (C=O) groups is 2. The molecule has 1 heterocycles. The van der Waals surface area contributed by atoms with E-state index in [1.165, 1.54) is 0 Å². The number of nitrogens with one attached hydrogen (secondary N) is 1. The molecule has 4 nitrogen and oxygen atoms in total. The molecule has 0 spiro atoms. The van der Waals surface area contributed by atoms with E-state index in [9.17, 15) is 9.59 Å². The van der Waals surface area contributed by atoms with E-state index < -0.39 is 5.92 Å². The van der Waals surface area contributed by atoms with Crippen LogP contribution in [0.25, 0.3) is 0 Å². The molecule has 0 aliphatic carbocycles. The SMILES string of the molecule is O=C(NCc1ccccc1)[C@@H]1CCN(c2ccc(Cl)cc2)C1=O. The first-order valence-corrected chi connectivity index (χ1v) is 7.91. The molecule has 2 aromatic carbocycles. The van der Waals surface area contributed by atoms with Crippen molar-refractivity contribution in [2.24, 2.45) is 5.92 Å². The molecule has 23 heavy (non-hydrogen) atoms. The Hall–Kier alpha value is -2.33. The van der Waals surface area contributed by atoms with Gasteiger partial charge in [0, 0.05) is 23.8 Å². The summed E-state index contributed by atoms with van der Waals surface area (Å²) in [4.78, 5) is 26.4. The number of nitrogens with zero attached hydrogens (tertiary/aromatic N) is 1. The number of hydrogen-bond acceptors (Lipinski definition) is 2. The molecule has 1 aliphatic rings. The molecule has 0 saturated carbocycles. The highest BCUT2D eigenvalue weighted by Crippen LogP contribution is 2.26. The van der Waals surface area contributed by atoms with Crippen LogP contribution in [0.15, 0.2) is 54.6 Å². The van der Waals surface area contributed by atoms with Crippen molar-refractivity contribution in [3.63, 3.8) is 0 Å². The molecular formula is C18H17ClN2O2. The van der Waals surface area contributed by atoms with E-state index in [1.807, 2.05) is 30.3 Å². The monoisotopic (exact) mass is 328 g/mol. The topological polar surface area (TPSA) is 49.4 Å². The first-order chi connectivity index (χ1) is 11.1. The minimum Gasteiger partial charge on any atom is -0.351 e. The van der Waals surface area contributed by atoms with Crippen LogP contribution in [0.2, 0.25) is 5.02 Å². The van der Waals surface area contributed by atoms with Crippen molar-refractivity contribution in [2.75, 3.05) is 11.4 Å². The molecule has 0 aromatic heterocycles. The fraction of sp³-hybridized carbons (Fsp3) is 0.222. The molecule has 1 atom stereocenters. The van der Waals surface area contributed by atoms with Crippen LogP contribution in [-0.2, 0) is 16.1 Å². The van der Waals surface area contributed by atoms with Crippen molar-refractivity contribution < 1.29 is 9.59 Å². The summed E-state index contributed by atoms with van der Waals surface area (Å²) < 4.78 is 0. The second-order valence-electron chi connectivity index (χ2n) is 5.51. The molecule has 5 heteroatoms. The lowest BCUT2D eigenvalue weighted by atomic mass is 10.1. The summed E-state index contributed by atoms with van der Waals surface area (Å²) in [6.45, 7) is 0.980. The maximum absolute atomic E-state index is 12.5. The van der Waals surface area contributed by atoms with Crippen LogP contribution in [0, 0.1) is 5.92 Å². The van der Waals surface area contributed by atoms with Gasteiger partial charge in [-0.15, -0.1) is 0 Å². The van der Waals surface area contributed by atoms with E-state index in [0.717, 1.165) is 11.3 Å². The van der Waals surface area contributed by atoms with Crippen molar-refractivity contribution in [3.8, 4) is 0 Å². The second-order valence-corrected chi connectivity index (χ2v) is 5.95. The van der Waals surface area contributed by atoms with Crippen LogP contribution in [0.4, 0.5) is 5.69 Å². The first kappa shape index (κ1) is 15.6. The van der Waals surface area contributed by atoms with Crippen LogP contribution in [0.5, 0.6) is 0 Å². The Morgan fingerprint density at radius 2 is 1.83 bits per heavy atom. The van der Waals surface area contributed by atoms with Crippen LogP contribution in [0.1, 0.15) is 12.0 Å². The van der Waals surface area contributed by atoms with Gasteiger partial charge in [-0.25, -0.2) is 0 Å². The normalized spacial score (nSPS) is 17.3. The average Bonchev–Trinajstić information content (AvgIpc) is 2.96. The Balaban J connectivity index is 1.62. The van der Waals surface area contributed by atoms with Crippen molar-refractivity contribution >= 4 is 29.1 Å². The van der Waals surface area contributed by atoms with Crippen LogP contribution in [-0.4, -0.2) is 18.4 Å². The maximum Gasteiger partial charge on any atom is 0.239 e. The molecule has 3 rings (SSSR count). The zero-order valence-electron chi connectivity index (χ0n) is 12.5. The maximum atomic E-state index is 12.5. The molecule has 1 saturated heterocycles. The van der Waals surface area contributed by atoms with Gasteiger partial charge in [0.15, 0.2) is 0 Å². The predicted molar refractivity (Wildman–Crippen MR) is 90.2 cm³/mol. The quantitative estimate of drug-likeness (QED) is 0.877. The summed E-state index contributed by atoms with van der Waals surface area (Å²) in [6, 6.07) is 16.7. The zero-order valence-corrected chi connectivity index (χ0v) is 13.3. The van der Waals surface area contributed by atoms with E-state index in [-0.39, 0.29) is 11.8 Å². The van der Waals surface area contributed by atoms with Gasteiger partial charge in [0.05, 0.1) is 0 Å². The summed E-state index contributed by atoms with van der Waals surface area (Å²) in [5.41, 5.74) is 1.79. The highest BCUT2D eigenvalue weighted by Gasteiger charge is 2.37. The van der Waals surface area contributed by atoms with Gasteiger partial charge in [0.25, 0.3) is 0 Å². The average molecular weight is 329 g/mol. The molecule has 2 aromatic rings. The van der Waals surface area contributed by atoms with Gasteiger partial charge in [0.1, 0.15) is 5.92 Å². The number of carbonyl (C=O) groups excluding carboxylic acids is 2. The molecule has 1 fully saturated rings. The van der Waals surface area contributed by atoms with Crippen LogP contribution in [0.3, 0.4) is 0 Å². The molecule has 0 radical (unpaired) electrons. The standard InChI is InChI=1S/C18H17ClN2O2/c19-14-6-8-15(9-7-14)21-11-10-16(18(21)23)17(22)20-12-13-4-2-1-3-5-13/h1-9,16H,10-12H2,(H,20,22)/t16-/m0/s1. The zero-order chi connectivity index (χ0) is 16.2. The van der Waals surface area contributed by atoms with E-state index in [4.69, 9.17) is 11.6 Å². The van der Waals surface area contributed by atoms with Crippen molar-refractivity contribution in [2.45, 2.75) is 13.0 Å². The minimum absolute atomic E-state index is 0.155. The van der Waals surface area contributed by atoms with E-state index in [0.29, 0.717) is 24.5 Å². The van der Waals surface area contributed by atoms with Gasteiger partial charge in [-0.3, -0.25) is 9.59 Å². The van der Waals surface area contributed by atoms with Gasteiger partial charge < -0.3 is 10.2 Å². The summed E-state index contributed by atoms with van der Waals surface area (Å²) in [5, 5.41) is 3.47. The Morgan fingerprint density at radius 1 is 1.13 bits per heavy atom. The van der Waals surface area contributed by atoms with Crippen LogP contribution < -0.4 is 10.2 Å². The molecule has 1 aliphatic heterocycles. The number of benzene rings is 2. The Morgan fingerprint density at radius 3 is 2.52 bits per heavy atom. The van der Waals surface area contributed by atoms with Gasteiger partial charge >= 0.3 is 0 Å². The lowest BCUT2D eigenvalue weighted by Crippen LogP contribution is -2.36. The highest BCUT2D eigenvalue weighted by molar-refractivity contribution is 6.30. The number of amides is 2. The molecule has 118 valence electrons. The third-order valence-electron chi connectivity index (χ3n) is 3.97. The predicted octanol–water partition coefficient (Wildman–Crippen LogP) is 3.01. The number of anilines is 1. The largest absolute Gasteiger partial charge is 0.351 e. The lowest BCUT2D eigenvalue weighted by molar-refractivity contribution is -0.132. The first-order valence-electron chi connectivity index (χ1n) is 7.54. The highest BCUT2D eigenvalue weighted by atomic mass is 35.5. The number of hydrogen-bond donors (Lipinski definition) is 1. The fourth-order valence-corrected chi connectivity index (χ4v) is 2.83. The molecular weight excluding hydrogens is 312 g/mol. The summed E-state index contributed by atoms with van der Waals surface area (Å²) >= 11 is 5.87. The van der Waals surface area contributed by atoms with Crippen LogP contribution >= 0.6 is 11.6 Å². The summed E-state index contributed by atoms with van der Waals surface area (Å²) in [7, 11) is 0. The second kappa shape index (κ2) is 6.84. The summed E-state index contributed by atoms with van der Waals surface area (Å²) in [5.74, 6) is -0.984. The van der Waals surface area contributed by atoms with E-state index in [1.54, 1.807) is 29.2 Å². The van der Waals surface area contributed by atoms with Gasteiger partial charge in [-0.05, 0) is 36.2 Å². The Kier molecular flexibility index (Phi) is 4.63. The number of halogens is 1. The third-order valence-corrected chi connectivity index (χ3v) is 4.22. The Bertz CT molecular complexity index is 701. The minimum atomic E-state index is -0.616. The molecule has 1 N–H and O–H groups in total. The van der Waals surface area contributed by atoms with Gasteiger partial charge in [0.2, 0.25) is 11.8 Å². The summed E-state index contributed by atoms with van der Waals surface area (Å²) in [6.07, 6.45) is 0.530. The van der Waals surface area contributed by atoms with Gasteiger partial charge in [-0.1, -0.05) is 41.9 Å². The third kappa shape index (κ3) is 3.54. The number of rotatable bonds is 4. The van der Waals surface area contributed by atoms with Crippen molar-refractivity contribution in [3.05, 3.63) is 65.2 Å². The fourth-order valence-electron chi connectivity index (χ4n) is 2.71. The molecule has 2 amide bonds. The van der Waals surface area contributed by atoms with E-state index >= 15 is 0 Å².